The van der Waals surface area contributed by atoms with Crippen LogP contribution in [0.1, 0.15) is 11.1 Å². The first kappa shape index (κ1) is 11.5. The van der Waals surface area contributed by atoms with E-state index in [0.29, 0.717) is 12.6 Å². The molecule has 0 fully saturated rings. The monoisotopic (exact) mass is 264 g/mol. The van der Waals surface area contributed by atoms with Crippen LogP contribution in [0.4, 0.5) is 0 Å². The van der Waals surface area contributed by atoms with Gasteiger partial charge in [-0.2, -0.15) is 0 Å². The van der Waals surface area contributed by atoms with Gasteiger partial charge in [-0.3, -0.25) is 0 Å². The Kier molecular flexibility index (Phi) is 2.36. The second kappa shape index (κ2) is 4.10. The molecule has 0 saturated heterocycles. The van der Waals surface area contributed by atoms with Crippen LogP contribution in [0, 0.1) is 0 Å². The highest BCUT2D eigenvalue weighted by Gasteiger charge is 2.41. The largest absolute Gasteiger partial charge is 0.463 e. The van der Waals surface area contributed by atoms with Crippen LogP contribution < -0.4 is 5.73 Å². The highest BCUT2D eigenvalue weighted by atomic mass is 16.5. The molecular formula is C17H16N2O. The molecule has 0 amide bonds. The molecule has 1 aliphatic heterocycles. The first-order valence-corrected chi connectivity index (χ1v) is 6.90. The first-order chi connectivity index (χ1) is 9.74. The van der Waals surface area contributed by atoms with E-state index in [-0.39, 0.29) is 5.54 Å². The zero-order valence-electron chi connectivity index (χ0n) is 11.2. The van der Waals surface area contributed by atoms with Crippen LogP contribution in [0.3, 0.4) is 0 Å². The fourth-order valence-electron chi connectivity index (χ4n) is 3.23. The maximum atomic E-state index is 5.67. The van der Waals surface area contributed by atoms with Gasteiger partial charge in [0.2, 0.25) is 0 Å². The molecule has 0 bridgehead atoms. The zero-order valence-corrected chi connectivity index (χ0v) is 11.2. The highest BCUT2D eigenvalue weighted by Crippen LogP contribution is 2.37. The predicted octanol–water partition coefficient (Wildman–Crippen LogP) is 2.54. The molecule has 0 aromatic heterocycles. The summed E-state index contributed by atoms with van der Waals surface area (Å²) in [5, 5.41) is 0. The second-order valence-electron chi connectivity index (χ2n) is 5.67. The van der Waals surface area contributed by atoms with E-state index in [0.717, 1.165) is 12.8 Å². The molecule has 1 spiro atoms. The Morgan fingerprint density at radius 3 is 2.50 bits per heavy atom. The maximum Gasteiger partial charge on any atom is 0.282 e. The lowest BCUT2D eigenvalue weighted by Crippen LogP contribution is -2.28. The fourth-order valence-corrected chi connectivity index (χ4v) is 3.23. The third-order valence-electron chi connectivity index (χ3n) is 4.19. The summed E-state index contributed by atoms with van der Waals surface area (Å²) in [6, 6.07) is 17.5. The van der Waals surface area contributed by atoms with Crippen LogP contribution >= 0.6 is 0 Å². The number of rotatable bonds is 1. The molecule has 2 N–H and O–H groups in total. The Bertz CT molecular complexity index is 693. The number of benzene rings is 2. The Morgan fingerprint density at radius 1 is 0.950 bits per heavy atom. The maximum absolute atomic E-state index is 5.67. The Balaban J connectivity index is 1.70. The van der Waals surface area contributed by atoms with Gasteiger partial charge in [-0.15, -0.1) is 0 Å². The molecule has 20 heavy (non-hydrogen) atoms. The second-order valence-corrected chi connectivity index (χ2v) is 5.67. The van der Waals surface area contributed by atoms with Crippen LogP contribution in [0.2, 0.25) is 0 Å². The van der Waals surface area contributed by atoms with Gasteiger partial charge in [0.15, 0.2) is 0 Å². The summed E-state index contributed by atoms with van der Waals surface area (Å²) in [5.41, 5.74) is 10.8. The van der Waals surface area contributed by atoms with Gasteiger partial charge >= 0.3 is 0 Å². The van der Waals surface area contributed by atoms with Crippen molar-refractivity contribution in [2.24, 2.45) is 10.7 Å². The molecule has 1 heterocycles. The van der Waals surface area contributed by atoms with Gasteiger partial charge in [-0.1, -0.05) is 48.5 Å². The van der Waals surface area contributed by atoms with E-state index in [1.807, 2.05) is 6.07 Å². The van der Waals surface area contributed by atoms with Crippen LogP contribution in [0.15, 0.2) is 53.5 Å². The van der Waals surface area contributed by atoms with E-state index in [2.05, 4.69) is 47.5 Å². The Hall–Kier alpha value is -2.29. The molecule has 1 aliphatic carbocycles. The van der Waals surface area contributed by atoms with Crippen LogP contribution in [0.5, 0.6) is 0 Å². The van der Waals surface area contributed by atoms with E-state index >= 15 is 0 Å². The molecule has 4 rings (SSSR count). The van der Waals surface area contributed by atoms with Gasteiger partial charge in [0.25, 0.3) is 6.02 Å². The van der Waals surface area contributed by atoms with Gasteiger partial charge in [-0.25, -0.2) is 4.99 Å². The molecule has 1 atom stereocenters. The molecule has 3 heteroatoms. The number of hydrogen-bond acceptors (Lipinski definition) is 3. The predicted molar refractivity (Wildman–Crippen MR) is 79.6 cm³/mol. The van der Waals surface area contributed by atoms with Crippen LogP contribution in [-0.4, -0.2) is 18.2 Å². The van der Waals surface area contributed by atoms with Gasteiger partial charge in [0.05, 0.1) is 0 Å². The molecule has 3 nitrogen and oxygen atoms in total. The third kappa shape index (κ3) is 1.78. The van der Waals surface area contributed by atoms with Crippen molar-refractivity contribution in [1.29, 1.82) is 0 Å². The number of aliphatic imine (C=N–C) groups is 1. The number of hydrogen-bond donors (Lipinski definition) is 1. The molecule has 2 aliphatic rings. The highest BCUT2D eigenvalue weighted by molar-refractivity contribution is 5.74. The summed E-state index contributed by atoms with van der Waals surface area (Å²) in [6.45, 7) is 0.605. The van der Waals surface area contributed by atoms with E-state index in [1.165, 1.54) is 22.3 Å². The van der Waals surface area contributed by atoms with Gasteiger partial charge in [-0.05, 0) is 22.3 Å². The minimum absolute atomic E-state index is 0.151. The first-order valence-electron chi connectivity index (χ1n) is 6.90. The quantitative estimate of drug-likeness (QED) is 0.860. The van der Waals surface area contributed by atoms with Crippen molar-refractivity contribution in [1.82, 2.24) is 0 Å². The van der Waals surface area contributed by atoms with Gasteiger partial charge < -0.3 is 10.5 Å². The standard InChI is InChI=1S/C17H16N2O/c18-16-19-17(11-20-16)9-14-7-6-13(8-15(14)10-17)12-4-2-1-3-5-12/h1-8H,9-11H2,(H2,18,19). The van der Waals surface area contributed by atoms with Crippen molar-refractivity contribution in [3.05, 3.63) is 59.7 Å². The SMILES string of the molecule is NC1=NC2(CO1)Cc1ccc(-c3ccccc3)cc1C2. The van der Waals surface area contributed by atoms with Crippen LogP contribution in [-0.2, 0) is 17.6 Å². The van der Waals surface area contributed by atoms with E-state index in [9.17, 15) is 0 Å². The van der Waals surface area contributed by atoms with E-state index in [4.69, 9.17) is 10.5 Å². The molecular weight excluding hydrogens is 248 g/mol. The average Bonchev–Trinajstić information content (AvgIpc) is 3.01. The van der Waals surface area contributed by atoms with Crippen molar-refractivity contribution in [3.8, 4) is 11.1 Å². The van der Waals surface area contributed by atoms with Crippen molar-refractivity contribution < 1.29 is 4.74 Å². The zero-order chi connectivity index (χ0) is 13.6. The summed E-state index contributed by atoms with van der Waals surface area (Å²) in [5.74, 6) is 0. The molecule has 0 radical (unpaired) electrons. The Morgan fingerprint density at radius 2 is 1.75 bits per heavy atom. The van der Waals surface area contributed by atoms with Gasteiger partial charge in [0.1, 0.15) is 12.1 Å². The summed E-state index contributed by atoms with van der Waals surface area (Å²) < 4.78 is 5.36. The number of nitrogens with two attached hydrogens (primary N) is 1. The number of nitrogens with zero attached hydrogens (tertiary/aromatic N) is 1. The number of fused-ring (bicyclic) bond motifs is 1. The smallest absolute Gasteiger partial charge is 0.282 e. The van der Waals surface area contributed by atoms with Gasteiger partial charge in [0, 0.05) is 12.8 Å². The number of amidine groups is 1. The summed E-state index contributed by atoms with van der Waals surface area (Å²) in [6.07, 6.45) is 1.85. The topological polar surface area (TPSA) is 47.6 Å². The van der Waals surface area contributed by atoms with Crippen molar-refractivity contribution in [3.63, 3.8) is 0 Å². The fraction of sp³-hybridized carbons (Fsp3) is 0.235. The minimum atomic E-state index is -0.151. The lowest BCUT2D eigenvalue weighted by atomic mass is 9.98. The number of ether oxygens (including phenoxy) is 1. The molecule has 2 aromatic carbocycles. The molecule has 1 unspecified atom stereocenters. The van der Waals surface area contributed by atoms with E-state index in [1.54, 1.807) is 0 Å². The lowest BCUT2D eigenvalue weighted by Gasteiger charge is -2.15. The average molecular weight is 264 g/mol. The normalized spacial score (nSPS) is 23.5. The lowest BCUT2D eigenvalue weighted by molar-refractivity contribution is 0.258. The third-order valence-corrected chi connectivity index (χ3v) is 4.19. The molecule has 2 aromatic rings. The van der Waals surface area contributed by atoms with Crippen LogP contribution in [0.25, 0.3) is 11.1 Å². The van der Waals surface area contributed by atoms with Crippen molar-refractivity contribution >= 4 is 6.02 Å². The van der Waals surface area contributed by atoms with Crippen molar-refractivity contribution in [2.75, 3.05) is 6.61 Å². The molecule has 0 saturated carbocycles. The Labute approximate surface area is 118 Å². The summed E-state index contributed by atoms with van der Waals surface area (Å²) >= 11 is 0. The minimum Gasteiger partial charge on any atom is -0.463 e. The summed E-state index contributed by atoms with van der Waals surface area (Å²) in [7, 11) is 0. The van der Waals surface area contributed by atoms with Crippen molar-refractivity contribution in [2.45, 2.75) is 18.4 Å². The van der Waals surface area contributed by atoms with E-state index < -0.39 is 0 Å². The summed E-state index contributed by atoms with van der Waals surface area (Å²) in [4.78, 5) is 4.51. The molecule has 100 valence electrons.